The maximum absolute atomic E-state index is 12.9. The normalized spacial score (nSPS) is 18.7. The first-order valence-electron chi connectivity index (χ1n) is 4.54. The Morgan fingerprint density at radius 1 is 1.54 bits per heavy atom. The van der Waals surface area contributed by atoms with Crippen molar-refractivity contribution in [3.63, 3.8) is 0 Å². The van der Waals surface area contributed by atoms with E-state index in [0.717, 1.165) is 25.2 Å². The number of hydrogen-bond acceptors (Lipinski definition) is 1. The molecular formula is C10H13FN2. The van der Waals surface area contributed by atoms with Crippen LogP contribution in [0.2, 0.25) is 0 Å². The second kappa shape index (κ2) is 3.75. The van der Waals surface area contributed by atoms with Gasteiger partial charge < -0.3 is 4.98 Å². The van der Waals surface area contributed by atoms with Gasteiger partial charge in [-0.3, -0.25) is 4.90 Å². The topological polar surface area (TPSA) is 19.0 Å². The average molecular weight is 180 g/mol. The van der Waals surface area contributed by atoms with Crippen molar-refractivity contribution in [1.29, 1.82) is 0 Å². The molecule has 0 bridgehead atoms. The summed E-state index contributed by atoms with van der Waals surface area (Å²) in [5.41, 5.74) is 1.15. The Balaban J connectivity index is 1.93. The van der Waals surface area contributed by atoms with Crippen LogP contribution < -0.4 is 0 Å². The van der Waals surface area contributed by atoms with E-state index in [4.69, 9.17) is 0 Å². The minimum Gasteiger partial charge on any atom is -0.364 e. The van der Waals surface area contributed by atoms with Crippen LogP contribution in [0, 0.1) is 0 Å². The van der Waals surface area contributed by atoms with Gasteiger partial charge in [0.25, 0.3) is 0 Å². The summed E-state index contributed by atoms with van der Waals surface area (Å²) in [6.45, 7) is 2.22. The highest BCUT2D eigenvalue weighted by Gasteiger charge is 2.12. The fraction of sp³-hybridized carbons (Fsp3) is 0.400. The van der Waals surface area contributed by atoms with Gasteiger partial charge in [0.1, 0.15) is 5.83 Å². The molecule has 1 N–H and O–H groups in total. The molecule has 2 heterocycles. The molecule has 1 aromatic rings. The van der Waals surface area contributed by atoms with Gasteiger partial charge in [-0.1, -0.05) is 6.08 Å². The van der Waals surface area contributed by atoms with Gasteiger partial charge in [0.15, 0.2) is 0 Å². The molecule has 0 atom stereocenters. The number of nitrogens with zero attached hydrogens (tertiary/aromatic N) is 1. The Labute approximate surface area is 77.1 Å². The molecule has 1 aromatic heterocycles. The Hall–Kier alpha value is -1.09. The van der Waals surface area contributed by atoms with Crippen LogP contribution in [-0.4, -0.2) is 23.0 Å². The van der Waals surface area contributed by atoms with Gasteiger partial charge in [0, 0.05) is 25.0 Å². The number of halogens is 1. The smallest absolute Gasteiger partial charge is 0.110 e. The molecular weight excluding hydrogens is 167 g/mol. The number of hydrogen-bond donors (Lipinski definition) is 1. The second-order valence-corrected chi connectivity index (χ2v) is 3.35. The van der Waals surface area contributed by atoms with Crippen LogP contribution in [0.3, 0.4) is 0 Å². The third kappa shape index (κ3) is 2.18. The summed E-state index contributed by atoms with van der Waals surface area (Å²) in [7, 11) is 0. The summed E-state index contributed by atoms with van der Waals surface area (Å²) in [5, 5.41) is 0. The van der Waals surface area contributed by atoms with Gasteiger partial charge in [-0.2, -0.15) is 0 Å². The molecule has 0 aliphatic carbocycles. The van der Waals surface area contributed by atoms with Gasteiger partial charge in [-0.25, -0.2) is 4.39 Å². The van der Waals surface area contributed by atoms with Gasteiger partial charge in [0.2, 0.25) is 0 Å². The number of aromatic amines is 1. The summed E-state index contributed by atoms with van der Waals surface area (Å²) in [5.74, 6) is -0.00203. The predicted octanol–water partition coefficient (Wildman–Crippen LogP) is 2.07. The summed E-state index contributed by atoms with van der Waals surface area (Å²) in [6.07, 6.45) is 4.39. The van der Waals surface area contributed by atoms with Crippen molar-refractivity contribution in [2.75, 3.05) is 13.1 Å². The Kier molecular flexibility index (Phi) is 2.45. The van der Waals surface area contributed by atoms with Crippen molar-refractivity contribution in [1.82, 2.24) is 9.88 Å². The van der Waals surface area contributed by atoms with Crippen molar-refractivity contribution in [3.8, 4) is 0 Å². The van der Waals surface area contributed by atoms with Crippen molar-refractivity contribution in [2.24, 2.45) is 0 Å². The summed E-state index contributed by atoms with van der Waals surface area (Å²) in [6, 6.07) is 3.99. The molecule has 0 aromatic carbocycles. The van der Waals surface area contributed by atoms with Crippen LogP contribution >= 0.6 is 0 Å². The Bertz CT molecular complexity index is 290. The van der Waals surface area contributed by atoms with Gasteiger partial charge >= 0.3 is 0 Å². The highest BCUT2D eigenvalue weighted by Crippen LogP contribution is 2.12. The van der Waals surface area contributed by atoms with E-state index in [1.807, 2.05) is 18.3 Å². The summed E-state index contributed by atoms with van der Waals surface area (Å²) >= 11 is 0. The Morgan fingerprint density at radius 2 is 2.46 bits per heavy atom. The van der Waals surface area contributed by atoms with E-state index < -0.39 is 0 Å². The van der Waals surface area contributed by atoms with E-state index in [-0.39, 0.29) is 5.83 Å². The molecule has 0 amide bonds. The molecule has 0 saturated carbocycles. The van der Waals surface area contributed by atoms with Crippen LogP contribution in [0.15, 0.2) is 30.2 Å². The molecule has 2 nitrogen and oxygen atoms in total. The minimum absolute atomic E-state index is 0.00203. The van der Waals surface area contributed by atoms with Gasteiger partial charge in [-0.05, 0) is 18.6 Å². The fourth-order valence-corrected chi connectivity index (χ4v) is 1.60. The van der Waals surface area contributed by atoms with E-state index >= 15 is 0 Å². The first-order chi connectivity index (χ1) is 6.34. The van der Waals surface area contributed by atoms with E-state index in [0.29, 0.717) is 6.54 Å². The minimum atomic E-state index is -0.00203. The average Bonchev–Trinajstić information content (AvgIpc) is 2.57. The van der Waals surface area contributed by atoms with Crippen molar-refractivity contribution < 1.29 is 4.39 Å². The first-order valence-corrected chi connectivity index (χ1v) is 4.54. The van der Waals surface area contributed by atoms with Crippen LogP contribution in [0.25, 0.3) is 0 Å². The molecule has 0 fully saturated rings. The highest BCUT2D eigenvalue weighted by atomic mass is 19.1. The number of H-pyrrole nitrogens is 1. The monoisotopic (exact) mass is 180 g/mol. The third-order valence-corrected chi connectivity index (χ3v) is 2.24. The molecule has 1 aliphatic rings. The van der Waals surface area contributed by atoms with Gasteiger partial charge in [-0.15, -0.1) is 0 Å². The molecule has 70 valence electrons. The van der Waals surface area contributed by atoms with Crippen LogP contribution in [0.4, 0.5) is 4.39 Å². The Morgan fingerprint density at radius 3 is 3.15 bits per heavy atom. The molecule has 2 rings (SSSR count). The summed E-state index contributed by atoms with van der Waals surface area (Å²) < 4.78 is 12.9. The van der Waals surface area contributed by atoms with Crippen molar-refractivity contribution in [2.45, 2.75) is 13.0 Å². The molecule has 0 saturated heterocycles. The van der Waals surface area contributed by atoms with Crippen LogP contribution in [-0.2, 0) is 6.54 Å². The lowest BCUT2D eigenvalue weighted by Crippen LogP contribution is -2.28. The largest absolute Gasteiger partial charge is 0.364 e. The second-order valence-electron chi connectivity index (χ2n) is 3.35. The lowest BCUT2D eigenvalue weighted by Gasteiger charge is -2.23. The molecule has 0 spiro atoms. The van der Waals surface area contributed by atoms with Crippen molar-refractivity contribution >= 4 is 0 Å². The zero-order chi connectivity index (χ0) is 9.10. The molecule has 13 heavy (non-hydrogen) atoms. The lowest BCUT2D eigenvalue weighted by molar-refractivity contribution is 0.257. The van der Waals surface area contributed by atoms with E-state index in [9.17, 15) is 4.39 Å². The van der Waals surface area contributed by atoms with Crippen LogP contribution in [0.1, 0.15) is 12.1 Å². The van der Waals surface area contributed by atoms with Gasteiger partial charge in [0.05, 0.1) is 6.54 Å². The predicted molar refractivity (Wildman–Crippen MR) is 49.9 cm³/mol. The first kappa shape index (κ1) is 8.51. The third-order valence-electron chi connectivity index (χ3n) is 2.24. The molecule has 3 heteroatoms. The maximum Gasteiger partial charge on any atom is 0.110 e. The lowest BCUT2D eigenvalue weighted by atomic mass is 10.2. The fourth-order valence-electron chi connectivity index (χ4n) is 1.60. The zero-order valence-corrected chi connectivity index (χ0v) is 7.46. The summed E-state index contributed by atoms with van der Waals surface area (Å²) in [4.78, 5) is 5.21. The van der Waals surface area contributed by atoms with Crippen LogP contribution in [0.5, 0.6) is 0 Å². The van der Waals surface area contributed by atoms with E-state index in [2.05, 4.69) is 9.88 Å². The maximum atomic E-state index is 12.9. The standard InChI is InChI=1S/C10H13FN2/c11-9-3-2-6-13(7-9)8-10-4-1-5-12-10/h1,3-5,12H,2,6-8H2. The number of nitrogens with one attached hydrogen (secondary N) is 1. The van der Waals surface area contributed by atoms with Crippen molar-refractivity contribution in [3.05, 3.63) is 35.9 Å². The zero-order valence-electron chi connectivity index (χ0n) is 7.46. The quantitative estimate of drug-likeness (QED) is 0.738. The van der Waals surface area contributed by atoms with E-state index in [1.165, 1.54) is 0 Å². The molecule has 0 unspecified atom stereocenters. The number of aromatic nitrogens is 1. The highest BCUT2D eigenvalue weighted by molar-refractivity contribution is 5.06. The number of rotatable bonds is 2. The SMILES string of the molecule is FC1=CCCN(Cc2ccc[nH]2)C1. The molecule has 0 radical (unpaired) electrons. The molecule has 1 aliphatic heterocycles. The van der Waals surface area contributed by atoms with E-state index in [1.54, 1.807) is 6.08 Å².